The van der Waals surface area contributed by atoms with Crippen molar-refractivity contribution in [2.24, 2.45) is 0 Å². The lowest BCUT2D eigenvalue weighted by Crippen LogP contribution is -2.48. The van der Waals surface area contributed by atoms with Crippen LogP contribution in [0, 0.1) is 5.82 Å². The molecule has 6 nitrogen and oxygen atoms in total. The molecule has 0 saturated carbocycles. The molecule has 1 aliphatic rings. The Morgan fingerprint density at radius 1 is 1.36 bits per heavy atom. The van der Waals surface area contributed by atoms with Crippen LogP contribution in [0.2, 0.25) is 0 Å². The zero-order valence-electron chi connectivity index (χ0n) is 19.7. The molecule has 8 heteroatoms. The Kier molecular flexibility index (Phi) is 9.67. The summed E-state index contributed by atoms with van der Waals surface area (Å²) >= 11 is 1.69. The van der Waals surface area contributed by atoms with Gasteiger partial charge in [-0.25, -0.2) is 4.39 Å². The Bertz CT molecular complexity index is 891. The number of ether oxygens (including phenoxy) is 2. The second kappa shape index (κ2) is 12.5. The number of halogens is 1. The highest BCUT2D eigenvalue weighted by molar-refractivity contribution is 7.10. The monoisotopic (exact) mass is 478 g/mol. The van der Waals surface area contributed by atoms with Gasteiger partial charge in [-0.1, -0.05) is 13.0 Å². The van der Waals surface area contributed by atoms with E-state index in [1.807, 2.05) is 29.0 Å². The van der Waals surface area contributed by atoms with Crippen LogP contribution in [0.4, 0.5) is 4.39 Å². The zero-order chi connectivity index (χ0) is 23.8. The fraction of sp³-hybridized carbons (Fsp3) is 0.560. The number of amides is 1. The van der Waals surface area contributed by atoms with Crippen LogP contribution in [-0.2, 0) is 16.0 Å². The molecule has 3 rings (SSSR count). The molecule has 1 aromatic heterocycles. The number of nitrogens with zero attached hydrogens (tertiary/aromatic N) is 2. The van der Waals surface area contributed by atoms with Gasteiger partial charge in [0.1, 0.15) is 18.2 Å². The number of carbonyl (C=O) groups is 1. The van der Waals surface area contributed by atoms with Gasteiger partial charge in [-0.15, -0.1) is 11.3 Å². The molecule has 0 bridgehead atoms. The van der Waals surface area contributed by atoms with Crippen molar-refractivity contribution in [3.05, 3.63) is 52.0 Å². The summed E-state index contributed by atoms with van der Waals surface area (Å²) in [4.78, 5) is 18.5. The maximum atomic E-state index is 13.6. The zero-order valence-corrected chi connectivity index (χ0v) is 20.5. The first-order valence-corrected chi connectivity index (χ1v) is 12.5. The maximum Gasteiger partial charge on any atom is 0.237 e. The predicted octanol–water partition coefficient (Wildman–Crippen LogP) is 3.89. The van der Waals surface area contributed by atoms with Gasteiger partial charge in [0.05, 0.1) is 31.4 Å². The van der Waals surface area contributed by atoms with E-state index in [1.165, 1.54) is 17.0 Å². The average molecular weight is 479 g/mol. The first-order chi connectivity index (χ1) is 15.9. The van der Waals surface area contributed by atoms with Crippen LogP contribution in [0.15, 0.2) is 35.7 Å². The SMILES string of the molecule is CCCN(CC(=O)N1CCc2sccc2C1COc1cccc(F)c1)CC(O)COC(C)C. The summed E-state index contributed by atoms with van der Waals surface area (Å²) in [6.45, 7) is 8.37. The number of aliphatic hydroxyl groups excluding tert-OH is 1. The van der Waals surface area contributed by atoms with Crippen LogP contribution < -0.4 is 4.74 Å². The number of hydrogen-bond acceptors (Lipinski definition) is 6. The Labute approximate surface area is 199 Å². The minimum atomic E-state index is -0.649. The summed E-state index contributed by atoms with van der Waals surface area (Å²) in [5.41, 5.74) is 1.10. The number of hydrogen-bond donors (Lipinski definition) is 1. The molecule has 1 aromatic carbocycles. The van der Waals surface area contributed by atoms with Crippen molar-refractivity contribution in [3.8, 4) is 5.75 Å². The van der Waals surface area contributed by atoms with E-state index in [-0.39, 0.29) is 43.6 Å². The van der Waals surface area contributed by atoms with Crippen LogP contribution in [0.5, 0.6) is 5.75 Å². The molecule has 2 unspecified atom stereocenters. The molecule has 1 amide bonds. The fourth-order valence-corrected chi connectivity index (χ4v) is 5.02. The smallest absolute Gasteiger partial charge is 0.237 e. The molecule has 2 atom stereocenters. The number of aliphatic hydroxyl groups is 1. The minimum absolute atomic E-state index is 0.00474. The highest BCUT2D eigenvalue weighted by Crippen LogP contribution is 2.34. The number of rotatable bonds is 12. The lowest BCUT2D eigenvalue weighted by Gasteiger charge is -2.37. The van der Waals surface area contributed by atoms with E-state index in [9.17, 15) is 14.3 Å². The van der Waals surface area contributed by atoms with Crippen LogP contribution >= 0.6 is 11.3 Å². The van der Waals surface area contributed by atoms with Crippen LogP contribution in [-0.4, -0.2) is 72.4 Å². The molecular formula is C25H35FN2O4S. The lowest BCUT2D eigenvalue weighted by atomic mass is 10.0. The van der Waals surface area contributed by atoms with Crippen LogP contribution in [0.25, 0.3) is 0 Å². The second-order valence-electron chi connectivity index (χ2n) is 8.69. The summed E-state index contributed by atoms with van der Waals surface area (Å²) in [6.07, 6.45) is 1.09. The molecule has 182 valence electrons. The first kappa shape index (κ1) is 25.6. The molecule has 0 aliphatic carbocycles. The summed E-state index contributed by atoms with van der Waals surface area (Å²) in [6, 6.07) is 7.89. The Morgan fingerprint density at radius 2 is 2.18 bits per heavy atom. The maximum absolute atomic E-state index is 13.6. The molecule has 2 heterocycles. The van der Waals surface area contributed by atoms with Gasteiger partial charge in [0.15, 0.2) is 0 Å². The van der Waals surface area contributed by atoms with Crippen molar-refractivity contribution in [3.63, 3.8) is 0 Å². The van der Waals surface area contributed by atoms with Gasteiger partial charge in [0.2, 0.25) is 5.91 Å². The average Bonchev–Trinajstić information content (AvgIpc) is 3.25. The number of fused-ring (bicyclic) bond motifs is 1. The highest BCUT2D eigenvalue weighted by Gasteiger charge is 2.33. The van der Waals surface area contributed by atoms with Gasteiger partial charge < -0.3 is 19.5 Å². The third kappa shape index (κ3) is 7.50. The molecule has 1 N–H and O–H groups in total. The van der Waals surface area contributed by atoms with E-state index in [4.69, 9.17) is 9.47 Å². The van der Waals surface area contributed by atoms with E-state index in [0.717, 1.165) is 18.4 Å². The molecule has 1 aliphatic heterocycles. The topological polar surface area (TPSA) is 62.2 Å². The highest BCUT2D eigenvalue weighted by atomic mass is 32.1. The quantitative estimate of drug-likeness (QED) is 0.502. The third-order valence-electron chi connectivity index (χ3n) is 5.61. The van der Waals surface area contributed by atoms with Gasteiger partial charge in [0, 0.05) is 24.0 Å². The van der Waals surface area contributed by atoms with Gasteiger partial charge in [-0.3, -0.25) is 9.69 Å². The third-order valence-corrected chi connectivity index (χ3v) is 6.61. The normalized spacial score (nSPS) is 16.8. The second-order valence-corrected chi connectivity index (χ2v) is 9.69. The molecule has 0 saturated heterocycles. The van der Waals surface area contributed by atoms with Crippen molar-refractivity contribution in [2.45, 2.75) is 51.9 Å². The Morgan fingerprint density at radius 3 is 2.91 bits per heavy atom. The molecule has 0 radical (unpaired) electrons. The van der Waals surface area contributed by atoms with Crippen molar-refractivity contribution < 1.29 is 23.8 Å². The first-order valence-electron chi connectivity index (χ1n) is 11.6. The lowest BCUT2D eigenvalue weighted by molar-refractivity contribution is -0.136. The number of thiophene rings is 1. The van der Waals surface area contributed by atoms with Crippen LogP contribution in [0.1, 0.15) is 43.7 Å². The summed E-state index contributed by atoms with van der Waals surface area (Å²) in [5.74, 6) is 0.103. The largest absolute Gasteiger partial charge is 0.491 e. The van der Waals surface area contributed by atoms with Gasteiger partial charge in [-0.05, 0) is 62.4 Å². The summed E-state index contributed by atoms with van der Waals surface area (Å²) in [7, 11) is 0. The molecule has 33 heavy (non-hydrogen) atoms. The summed E-state index contributed by atoms with van der Waals surface area (Å²) in [5, 5.41) is 12.4. The van der Waals surface area contributed by atoms with Gasteiger partial charge in [0.25, 0.3) is 0 Å². The number of carbonyl (C=O) groups excluding carboxylic acids is 1. The van der Waals surface area contributed by atoms with E-state index in [0.29, 0.717) is 25.4 Å². The van der Waals surface area contributed by atoms with Crippen molar-refractivity contribution in [1.29, 1.82) is 0 Å². The van der Waals surface area contributed by atoms with Gasteiger partial charge >= 0.3 is 0 Å². The molecule has 2 aromatic rings. The van der Waals surface area contributed by atoms with Crippen LogP contribution in [0.3, 0.4) is 0 Å². The van der Waals surface area contributed by atoms with E-state index in [2.05, 4.69) is 13.0 Å². The number of benzene rings is 1. The van der Waals surface area contributed by atoms with Crippen molar-refractivity contribution in [2.75, 3.05) is 39.4 Å². The summed E-state index contributed by atoms with van der Waals surface area (Å²) < 4.78 is 25.0. The van der Waals surface area contributed by atoms with Crippen molar-refractivity contribution >= 4 is 17.2 Å². The van der Waals surface area contributed by atoms with E-state index < -0.39 is 6.10 Å². The van der Waals surface area contributed by atoms with Gasteiger partial charge in [-0.2, -0.15) is 0 Å². The Hall–Kier alpha value is -2.00. The minimum Gasteiger partial charge on any atom is -0.491 e. The molecule has 0 fully saturated rings. The molecular weight excluding hydrogens is 443 g/mol. The molecule has 0 spiro atoms. The van der Waals surface area contributed by atoms with Crippen molar-refractivity contribution in [1.82, 2.24) is 9.80 Å². The predicted molar refractivity (Wildman–Crippen MR) is 128 cm³/mol. The fourth-order valence-electron chi connectivity index (χ4n) is 4.09. The Balaban J connectivity index is 1.67. The standard InChI is InChI=1S/C25H35FN2O4S/c1-4-10-27(14-20(29)16-31-18(2)3)15-25(30)28-11-8-24-22(9-12-33-24)23(28)17-32-21-7-5-6-19(26)13-21/h5-7,9,12-13,18,20,23,29H,4,8,10-11,14-17H2,1-3H3. The van der Waals surface area contributed by atoms with E-state index >= 15 is 0 Å². The van der Waals surface area contributed by atoms with E-state index in [1.54, 1.807) is 23.5 Å².